The second-order valence-corrected chi connectivity index (χ2v) is 7.00. The van der Waals surface area contributed by atoms with Crippen molar-refractivity contribution in [2.24, 2.45) is 5.92 Å². The molecule has 3 nitrogen and oxygen atoms in total. The molecule has 2 aromatic carbocycles. The number of rotatable bonds is 3. The minimum atomic E-state index is -0.652. The van der Waals surface area contributed by atoms with E-state index in [-0.39, 0.29) is 11.8 Å². The average Bonchev–Trinajstić information content (AvgIpc) is 2.62. The number of aryl methyl sites for hydroxylation is 1. The van der Waals surface area contributed by atoms with E-state index < -0.39 is 5.97 Å². The van der Waals surface area contributed by atoms with E-state index in [9.17, 15) is 9.90 Å². The van der Waals surface area contributed by atoms with E-state index in [0.717, 1.165) is 31.4 Å². The summed E-state index contributed by atoms with van der Waals surface area (Å²) in [7, 11) is 1.70. The highest BCUT2D eigenvalue weighted by Crippen LogP contribution is 2.49. The lowest BCUT2D eigenvalue weighted by Crippen LogP contribution is -2.32. The summed E-state index contributed by atoms with van der Waals surface area (Å²) in [6.07, 6.45) is 3.45. The van der Waals surface area contributed by atoms with E-state index in [4.69, 9.17) is 4.74 Å². The van der Waals surface area contributed by atoms with Gasteiger partial charge in [0.05, 0.1) is 13.0 Å². The van der Waals surface area contributed by atoms with Crippen LogP contribution in [0, 0.1) is 5.92 Å². The molecule has 0 amide bonds. The van der Waals surface area contributed by atoms with Crippen molar-refractivity contribution in [3.05, 3.63) is 64.7 Å². The first-order chi connectivity index (χ1) is 11.7. The highest BCUT2D eigenvalue weighted by atomic mass is 16.5. The number of hydrogen-bond acceptors (Lipinski definition) is 2. The van der Waals surface area contributed by atoms with Crippen LogP contribution in [-0.2, 0) is 17.6 Å². The predicted octanol–water partition coefficient (Wildman–Crippen LogP) is 4.16. The Morgan fingerprint density at radius 2 is 1.92 bits per heavy atom. The molecule has 124 valence electrons. The summed E-state index contributed by atoms with van der Waals surface area (Å²) in [6, 6.07) is 14.7. The molecule has 0 bridgehead atoms. The van der Waals surface area contributed by atoms with E-state index in [1.54, 1.807) is 7.11 Å². The van der Waals surface area contributed by atoms with Crippen LogP contribution in [0.2, 0.25) is 0 Å². The summed E-state index contributed by atoms with van der Waals surface area (Å²) in [5, 5.41) is 9.71. The maximum absolute atomic E-state index is 11.8. The maximum atomic E-state index is 11.8. The smallest absolute Gasteiger partial charge is 0.307 e. The van der Waals surface area contributed by atoms with Crippen molar-refractivity contribution in [1.29, 1.82) is 0 Å². The zero-order chi connectivity index (χ0) is 16.7. The fourth-order valence-electron chi connectivity index (χ4n) is 4.64. The molecule has 3 atom stereocenters. The number of carbonyl (C=O) groups is 1. The highest BCUT2D eigenvalue weighted by Gasteiger charge is 2.40. The lowest BCUT2D eigenvalue weighted by atomic mass is 9.64. The summed E-state index contributed by atoms with van der Waals surface area (Å²) < 4.78 is 5.48. The molecule has 4 rings (SSSR count). The first-order valence-corrected chi connectivity index (χ1v) is 8.64. The minimum absolute atomic E-state index is 0.117. The van der Waals surface area contributed by atoms with Crippen molar-refractivity contribution in [2.75, 3.05) is 7.11 Å². The minimum Gasteiger partial charge on any atom is -0.497 e. The molecular formula is C21H22O3. The van der Waals surface area contributed by atoms with Gasteiger partial charge in [0.15, 0.2) is 0 Å². The lowest BCUT2D eigenvalue weighted by Gasteiger charge is -2.40. The van der Waals surface area contributed by atoms with Gasteiger partial charge >= 0.3 is 5.97 Å². The monoisotopic (exact) mass is 322 g/mol. The molecular weight excluding hydrogens is 300 g/mol. The van der Waals surface area contributed by atoms with Gasteiger partial charge in [-0.15, -0.1) is 0 Å². The molecule has 1 N–H and O–H groups in total. The van der Waals surface area contributed by atoms with E-state index in [0.29, 0.717) is 5.92 Å². The maximum Gasteiger partial charge on any atom is 0.307 e. The Labute approximate surface area is 142 Å². The van der Waals surface area contributed by atoms with Crippen LogP contribution < -0.4 is 4.74 Å². The Bertz CT molecular complexity index is 766. The standard InChI is InChI=1S/C21H22O3/c1-24-17-10-14-7-8-18(21(22)23)19-12-15(9-16(11-17)20(14)19)13-5-3-2-4-6-13/h2-6,10-11,15,18-19H,7-9,12H2,1H3,(H,22,23). The van der Waals surface area contributed by atoms with Gasteiger partial charge in [0.2, 0.25) is 0 Å². The van der Waals surface area contributed by atoms with Gasteiger partial charge in [-0.1, -0.05) is 30.3 Å². The topological polar surface area (TPSA) is 46.5 Å². The largest absolute Gasteiger partial charge is 0.497 e. The molecule has 2 aliphatic rings. The Balaban J connectivity index is 1.81. The number of ether oxygens (including phenoxy) is 1. The van der Waals surface area contributed by atoms with Crippen LogP contribution in [0.5, 0.6) is 5.75 Å². The fourth-order valence-corrected chi connectivity index (χ4v) is 4.64. The van der Waals surface area contributed by atoms with Crippen LogP contribution >= 0.6 is 0 Å². The Hall–Kier alpha value is -2.29. The van der Waals surface area contributed by atoms with Crippen LogP contribution in [0.25, 0.3) is 0 Å². The van der Waals surface area contributed by atoms with Gasteiger partial charge in [0.25, 0.3) is 0 Å². The second kappa shape index (κ2) is 5.97. The molecule has 0 radical (unpaired) electrons. The van der Waals surface area contributed by atoms with Crippen LogP contribution in [0.15, 0.2) is 42.5 Å². The van der Waals surface area contributed by atoms with Crippen molar-refractivity contribution in [3.8, 4) is 5.75 Å². The molecule has 0 saturated carbocycles. The molecule has 2 aromatic rings. The predicted molar refractivity (Wildman–Crippen MR) is 92.7 cm³/mol. The highest BCUT2D eigenvalue weighted by molar-refractivity contribution is 5.73. The van der Waals surface area contributed by atoms with Gasteiger partial charge in [-0.2, -0.15) is 0 Å². The zero-order valence-electron chi connectivity index (χ0n) is 13.9. The fraction of sp³-hybridized carbons (Fsp3) is 0.381. The molecule has 24 heavy (non-hydrogen) atoms. The zero-order valence-corrected chi connectivity index (χ0v) is 13.9. The molecule has 3 heteroatoms. The number of methoxy groups -OCH3 is 1. The van der Waals surface area contributed by atoms with E-state index >= 15 is 0 Å². The van der Waals surface area contributed by atoms with Gasteiger partial charge in [-0.25, -0.2) is 0 Å². The number of hydrogen-bond donors (Lipinski definition) is 1. The third-order valence-corrected chi connectivity index (χ3v) is 5.73. The molecule has 3 unspecified atom stereocenters. The lowest BCUT2D eigenvalue weighted by molar-refractivity contribution is -0.143. The normalized spacial score (nSPS) is 25.0. The average molecular weight is 322 g/mol. The number of carboxylic acid groups (broad SMARTS) is 1. The number of benzene rings is 2. The molecule has 0 spiro atoms. The molecule has 2 aliphatic carbocycles. The van der Waals surface area contributed by atoms with E-state index in [1.165, 1.54) is 22.3 Å². The van der Waals surface area contributed by atoms with Gasteiger partial charge < -0.3 is 9.84 Å². The summed E-state index contributed by atoms with van der Waals surface area (Å²) in [5.41, 5.74) is 5.17. The Morgan fingerprint density at radius 1 is 1.17 bits per heavy atom. The van der Waals surface area contributed by atoms with E-state index in [1.807, 2.05) is 6.07 Å². The number of carboxylic acids is 1. The summed E-state index contributed by atoms with van der Waals surface area (Å²) in [6.45, 7) is 0. The van der Waals surface area contributed by atoms with Crippen LogP contribution in [0.3, 0.4) is 0 Å². The Kier molecular flexibility index (Phi) is 3.79. The quantitative estimate of drug-likeness (QED) is 0.923. The van der Waals surface area contributed by atoms with Gasteiger partial charge in [0, 0.05) is 0 Å². The molecule has 0 heterocycles. The van der Waals surface area contributed by atoms with Gasteiger partial charge in [-0.05, 0) is 71.9 Å². The summed E-state index contributed by atoms with van der Waals surface area (Å²) in [5.74, 6) is 0.469. The second-order valence-electron chi connectivity index (χ2n) is 7.00. The SMILES string of the molecule is COc1cc2c3c(c1)CC(c1ccccc1)CC3C(C(=O)O)CC2. The molecule has 0 saturated heterocycles. The van der Waals surface area contributed by atoms with Crippen molar-refractivity contribution >= 4 is 5.97 Å². The van der Waals surface area contributed by atoms with E-state index in [2.05, 4.69) is 36.4 Å². The van der Waals surface area contributed by atoms with Crippen molar-refractivity contribution in [1.82, 2.24) is 0 Å². The van der Waals surface area contributed by atoms with Crippen LogP contribution in [0.4, 0.5) is 0 Å². The summed E-state index contributed by atoms with van der Waals surface area (Å²) >= 11 is 0. The molecule has 0 aliphatic heterocycles. The van der Waals surface area contributed by atoms with Gasteiger partial charge in [-0.3, -0.25) is 4.79 Å². The van der Waals surface area contributed by atoms with Crippen molar-refractivity contribution in [2.45, 2.75) is 37.5 Å². The summed E-state index contributed by atoms with van der Waals surface area (Å²) in [4.78, 5) is 11.8. The Morgan fingerprint density at radius 3 is 2.62 bits per heavy atom. The van der Waals surface area contributed by atoms with Crippen LogP contribution in [-0.4, -0.2) is 18.2 Å². The van der Waals surface area contributed by atoms with Crippen LogP contribution in [0.1, 0.15) is 46.9 Å². The first kappa shape index (κ1) is 15.3. The molecule has 0 aromatic heterocycles. The van der Waals surface area contributed by atoms with Gasteiger partial charge in [0.1, 0.15) is 5.75 Å². The third kappa shape index (κ3) is 2.48. The third-order valence-electron chi connectivity index (χ3n) is 5.73. The molecule has 0 fully saturated rings. The number of aliphatic carboxylic acids is 1. The van der Waals surface area contributed by atoms with Crippen molar-refractivity contribution in [3.63, 3.8) is 0 Å². The van der Waals surface area contributed by atoms with Crippen molar-refractivity contribution < 1.29 is 14.6 Å². The first-order valence-electron chi connectivity index (χ1n) is 8.64.